The Kier molecular flexibility index (Phi) is 8.68. The van der Waals surface area contributed by atoms with E-state index in [1.54, 1.807) is 60.7 Å². The fraction of sp³-hybridized carbons (Fsp3) is 0. The van der Waals surface area contributed by atoms with E-state index in [4.69, 9.17) is 17.2 Å². The SMILES string of the molecule is Nc1ccc(N=Nc2cc(S(=O)(=O)O)c3c(c2N)C(=O)/C(=N/Nc2ccc(N=Nc4ccc(N)c5cc(S(=O)(=O)O)ccc45)cc2)C=C3)cc1. The highest BCUT2D eigenvalue weighted by molar-refractivity contribution is 7.86. The summed E-state index contributed by atoms with van der Waals surface area (Å²) in [5.74, 6) is -0.730. The molecule has 16 nitrogen and oxygen atoms in total. The first-order valence-corrected chi connectivity index (χ1v) is 17.2. The number of fused-ring (bicyclic) bond motifs is 2. The van der Waals surface area contributed by atoms with Crippen molar-refractivity contribution in [2.24, 2.45) is 25.6 Å². The number of hydrogen-bond donors (Lipinski definition) is 6. The van der Waals surface area contributed by atoms with E-state index in [9.17, 15) is 30.7 Å². The van der Waals surface area contributed by atoms with Gasteiger partial charge < -0.3 is 17.2 Å². The van der Waals surface area contributed by atoms with E-state index < -0.39 is 30.9 Å². The number of carbonyl (C=O) groups excluding carboxylic acids is 1. The first kappa shape index (κ1) is 33.6. The molecule has 0 radical (unpaired) electrons. The first-order valence-electron chi connectivity index (χ1n) is 14.3. The number of carbonyl (C=O) groups is 1. The van der Waals surface area contributed by atoms with Crippen LogP contribution in [0.4, 0.5) is 45.5 Å². The Morgan fingerprint density at radius 1 is 0.640 bits per heavy atom. The molecule has 0 heterocycles. The molecule has 6 rings (SSSR count). The maximum atomic E-state index is 13.5. The molecule has 50 heavy (non-hydrogen) atoms. The summed E-state index contributed by atoms with van der Waals surface area (Å²) in [6.07, 6.45) is 2.57. The summed E-state index contributed by atoms with van der Waals surface area (Å²) in [7, 11) is -9.23. The standard InChI is InChI=1S/C32H25N9O7S2/c33-17-1-3-18(4-2-17)38-41-28-16-29(50(46,47)48)23-11-13-27(32(42)30(23)31(28)35)40-37-20-7-5-19(6-8-20)36-39-26-14-12-25(34)24-15-21(49(43,44)45)9-10-22(24)26/h1-16,37H,33-35H2,(H,43,44,45)(H,46,47,48)/b39-36?,40-27+,41-38?. The highest BCUT2D eigenvalue weighted by atomic mass is 32.2. The van der Waals surface area contributed by atoms with Gasteiger partial charge in [-0.2, -0.15) is 32.2 Å². The first-order chi connectivity index (χ1) is 23.7. The van der Waals surface area contributed by atoms with Crippen LogP contribution in [0.3, 0.4) is 0 Å². The molecule has 0 saturated heterocycles. The maximum Gasteiger partial charge on any atom is 0.295 e. The average molecular weight is 712 g/mol. The molecule has 252 valence electrons. The molecule has 0 saturated carbocycles. The molecular formula is C32H25N9O7S2. The van der Waals surface area contributed by atoms with Gasteiger partial charge in [0.1, 0.15) is 16.3 Å². The molecule has 0 spiro atoms. The number of hydrazone groups is 1. The molecule has 0 unspecified atom stereocenters. The second-order valence-corrected chi connectivity index (χ2v) is 13.5. The number of allylic oxidation sites excluding steroid dienone is 1. The third-order valence-corrected chi connectivity index (χ3v) is 9.15. The fourth-order valence-corrected chi connectivity index (χ4v) is 6.12. The van der Waals surface area contributed by atoms with E-state index >= 15 is 0 Å². The number of hydrogen-bond acceptors (Lipinski definition) is 14. The predicted molar refractivity (Wildman–Crippen MR) is 189 cm³/mol. The molecule has 0 amide bonds. The Hall–Kier alpha value is -6.34. The minimum absolute atomic E-state index is 0.116. The smallest absolute Gasteiger partial charge is 0.295 e. The molecule has 0 aromatic heterocycles. The molecule has 0 atom stereocenters. The number of ketones is 1. The van der Waals surface area contributed by atoms with Crippen molar-refractivity contribution in [3.63, 3.8) is 0 Å². The van der Waals surface area contributed by atoms with Gasteiger partial charge in [0.15, 0.2) is 0 Å². The van der Waals surface area contributed by atoms with Crippen molar-refractivity contribution in [1.29, 1.82) is 0 Å². The molecule has 9 N–H and O–H groups in total. The van der Waals surface area contributed by atoms with Crippen molar-refractivity contribution in [2.75, 3.05) is 22.6 Å². The molecular weight excluding hydrogens is 687 g/mol. The number of nitrogens with one attached hydrogen (secondary N) is 1. The Labute approximate surface area is 284 Å². The monoisotopic (exact) mass is 711 g/mol. The van der Waals surface area contributed by atoms with Crippen LogP contribution in [0.2, 0.25) is 0 Å². The van der Waals surface area contributed by atoms with Gasteiger partial charge in [0, 0.05) is 27.7 Å². The highest BCUT2D eigenvalue weighted by Crippen LogP contribution is 2.38. The van der Waals surface area contributed by atoms with E-state index in [2.05, 4.69) is 31.0 Å². The largest absolute Gasteiger partial charge is 0.399 e. The lowest BCUT2D eigenvalue weighted by Gasteiger charge is -2.17. The van der Waals surface area contributed by atoms with Crippen LogP contribution in [-0.4, -0.2) is 37.4 Å². The van der Waals surface area contributed by atoms with Crippen molar-refractivity contribution in [3.8, 4) is 0 Å². The van der Waals surface area contributed by atoms with Crippen molar-refractivity contribution in [1.82, 2.24) is 0 Å². The molecule has 0 aliphatic heterocycles. The normalized spacial score (nSPS) is 14.2. The van der Waals surface area contributed by atoms with Crippen molar-refractivity contribution >= 4 is 94.1 Å². The Morgan fingerprint density at radius 3 is 1.92 bits per heavy atom. The summed E-state index contributed by atoms with van der Waals surface area (Å²) in [5, 5.41) is 21.6. The van der Waals surface area contributed by atoms with Crippen LogP contribution in [0.25, 0.3) is 16.8 Å². The Balaban J connectivity index is 1.23. The highest BCUT2D eigenvalue weighted by Gasteiger charge is 2.30. The minimum atomic E-state index is -4.80. The van der Waals surface area contributed by atoms with Crippen LogP contribution in [0, 0.1) is 0 Å². The van der Waals surface area contributed by atoms with Gasteiger partial charge in [-0.05, 0) is 84.9 Å². The van der Waals surface area contributed by atoms with Crippen LogP contribution in [0.5, 0.6) is 0 Å². The van der Waals surface area contributed by atoms with E-state index in [1.807, 2.05) is 0 Å². The van der Waals surface area contributed by atoms with Gasteiger partial charge in [-0.1, -0.05) is 12.1 Å². The lowest BCUT2D eigenvalue weighted by Crippen LogP contribution is -2.21. The van der Waals surface area contributed by atoms with Crippen molar-refractivity contribution in [2.45, 2.75) is 9.79 Å². The van der Waals surface area contributed by atoms with Crippen LogP contribution >= 0.6 is 0 Å². The number of Topliss-reactive ketones (excluding diaryl/α,β-unsaturated/α-hetero) is 1. The lowest BCUT2D eigenvalue weighted by atomic mass is 9.92. The molecule has 5 aromatic carbocycles. The summed E-state index contributed by atoms with van der Waals surface area (Å²) in [5.41, 5.74) is 22.4. The Bertz CT molecular complexity index is 2550. The van der Waals surface area contributed by atoms with Gasteiger partial charge in [0.2, 0.25) is 5.78 Å². The summed E-state index contributed by atoms with van der Waals surface area (Å²) in [4.78, 5) is 12.6. The number of azo groups is 2. The number of benzene rings is 5. The zero-order valence-corrected chi connectivity index (χ0v) is 27.1. The quantitative estimate of drug-likeness (QED) is 0.0432. The molecule has 0 fully saturated rings. The zero-order chi connectivity index (χ0) is 35.8. The number of rotatable bonds is 8. The second-order valence-electron chi connectivity index (χ2n) is 10.7. The van der Waals surface area contributed by atoms with E-state index in [0.717, 1.165) is 6.07 Å². The number of anilines is 4. The van der Waals surface area contributed by atoms with Crippen LogP contribution in [0.1, 0.15) is 15.9 Å². The van der Waals surface area contributed by atoms with Gasteiger partial charge in [-0.15, -0.1) is 10.2 Å². The molecule has 1 aliphatic carbocycles. The summed E-state index contributed by atoms with van der Waals surface area (Å²) in [6.45, 7) is 0. The van der Waals surface area contributed by atoms with E-state index in [-0.39, 0.29) is 38.8 Å². The van der Waals surface area contributed by atoms with E-state index in [1.165, 1.54) is 30.4 Å². The maximum absolute atomic E-state index is 13.5. The number of nitrogens with two attached hydrogens (primary N) is 3. The average Bonchev–Trinajstić information content (AvgIpc) is 3.07. The fourth-order valence-electron chi connectivity index (χ4n) is 4.91. The number of nitrogen functional groups attached to an aromatic ring is 3. The van der Waals surface area contributed by atoms with Crippen molar-refractivity contribution < 1.29 is 30.7 Å². The topological polar surface area (TPSA) is 278 Å². The van der Waals surface area contributed by atoms with Gasteiger partial charge in [0.25, 0.3) is 20.2 Å². The van der Waals surface area contributed by atoms with Crippen LogP contribution < -0.4 is 22.6 Å². The number of nitrogens with zero attached hydrogens (tertiary/aromatic N) is 5. The molecule has 5 aromatic rings. The Morgan fingerprint density at radius 2 is 1.28 bits per heavy atom. The lowest BCUT2D eigenvalue weighted by molar-refractivity contribution is 0.106. The van der Waals surface area contributed by atoms with Gasteiger partial charge in [-0.3, -0.25) is 19.3 Å². The predicted octanol–water partition coefficient (Wildman–Crippen LogP) is 6.59. The molecule has 18 heteroatoms. The van der Waals surface area contributed by atoms with Crippen molar-refractivity contribution in [3.05, 3.63) is 102 Å². The van der Waals surface area contributed by atoms with Crippen LogP contribution in [0.15, 0.2) is 126 Å². The zero-order valence-electron chi connectivity index (χ0n) is 25.5. The summed E-state index contributed by atoms with van der Waals surface area (Å²) < 4.78 is 66.9. The summed E-state index contributed by atoms with van der Waals surface area (Å²) in [6, 6.07) is 20.9. The van der Waals surface area contributed by atoms with Gasteiger partial charge >= 0.3 is 0 Å². The summed E-state index contributed by atoms with van der Waals surface area (Å²) >= 11 is 0. The third kappa shape index (κ3) is 6.93. The minimum Gasteiger partial charge on any atom is -0.399 e. The molecule has 0 bridgehead atoms. The second kappa shape index (κ2) is 12.9. The van der Waals surface area contributed by atoms with Gasteiger partial charge in [0.05, 0.1) is 38.9 Å². The molecule has 1 aliphatic rings. The van der Waals surface area contributed by atoms with Crippen LogP contribution in [-0.2, 0) is 20.2 Å². The van der Waals surface area contributed by atoms with E-state index in [0.29, 0.717) is 39.2 Å². The van der Waals surface area contributed by atoms with Gasteiger partial charge in [-0.25, -0.2) is 0 Å². The third-order valence-electron chi connectivity index (χ3n) is 7.40.